The molecule has 3 aromatic rings. The van der Waals surface area contributed by atoms with Crippen LogP contribution in [-0.4, -0.2) is 30.9 Å². The van der Waals surface area contributed by atoms with E-state index in [-0.39, 0.29) is 24.1 Å². The normalized spacial score (nSPS) is 13.5. The van der Waals surface area contributed by atoms with Gasteiger partial charge in [0.15, 0.2) is 0 Å². The molecule has 1 aliphatic heterocycles. The molecule has 0 aromatic heterocycles. The predicted octanol–water partition coefficient (Wildman–Crippen LogP) is 4.40. The Morgan fingerprint density at radius 2 is 1.50 bits per heavy atom. The van der Waals surface area contributed by atoms with Gasteiger partial charge in [-0.25, -0.2) is 0 Å². The number of amides is 2. The third-order valence-electron chi connectivity index (χ3n) is 5.39. The molecule has 4 rings (SSSR count). The van der Waals surface area contributed by atoms with Crippen LogP contribution in [0.2, 0.25) is 0 Å². The lowest BCUT2D eigenvalue weighted by Crippen LogP contribution is -2.32. The monoisotopic (exact) mass is 428 g/mol. The van der Waals surface area contributed by atoms with Crippen LogP contribution in [-0.2, 0) is 16.1 Å². The summed E-state index contributed by atoms with van der Waals surface area (Å²) < 4.78 is 10.6. The van der Waals surface area contributed by atoms with E-state index in [9.17, 15) is 9.59 Å². The minimum absolute atomic E-state index is 0.112. The van der Waals surface area contributed by atoms with Crippen molar-refractivity contribution in [2.45, 2.75) is 13.5 Å². The molecule has 32 heavy (non-hydrogen) atoms. The van der Waals surface area contributed by atoms with Gasteiger partial charge in [-0.15, -0.1) is 0 Å². The van der Waals surface area contributed by atoms with Gasteiger partial charge in [0.05, 0.1) is 26.3 Å². The number of nitrogens with one attached hydrogen (secondary N) is 1. The van der Waals surface area contributed by atoms with E-state index in [1.165, 1.54) is 4.90 Å². The summed E-state index contributed by atoms with van der Waals surface area (Å²) in [5, 5.41) is 3.17. The lowest BCUT2D eigenvalue weighted by atomic mass is 10.0. The highest BCUT2D eigenvalue weighted by molar-refractivity contribution is 6.36. The maximum atomic E-state index is 13.5. The lowest BCUT2D eigenvalue weighted by molar-refractivity contribution is -0.137. The maximum Gasteiger partial charge on any atom is 0.278 e. The average Bonchev–Trinajstić information content (AvgIpc) is 3.05. The molecule has 6 nitrogen and oxygen atoms in total. The van der Waals surface area contributed by atoms with Crippen LogP contribution >= 0.6 is 0 Å². The summed E-state index contributed by atoms with van der Waals surface area (Å²) in [7, 11) is 3.15. The van der Waals surface area contributed by atoms with E-state index < -0.39 is 0 Å². The fourth-order valence-corrected chi connectivity index (χ4v) is 3.65. The van der Waals surface area contributed by atoms with Crippen molar-refractivity contribution in [2.24, 2.45) is 0 Å². The summed E-state index contributed by atoms with van der Waals surface area (Å²) in [5.74, 6) is 0.553. The molecule has 0 bridgehead atoms. The van der Waals surface area contributed by atoms with Gasteiger partial charge in [-0.1, -0.05) is 48.0 Å². The highest BCUT2D eigenvalue weighted by Gasteiger charge is 2.39. The van der Waals surface area contributed by atoms with Crippen LogP contribution in [0.4, 0.5) is 5.69 Å². The molecular weight excluding hydrogens is 404 g/mol. The van der Waals surface area contributed by atoms with Crippen LogP contribution in [0.25, 0.3) is 5.57 Å². The summed E-state index contributed by atoms with van der Waals surface area (Å²) >= 11 is 0. The molecule has 0 atom stereocenters. The van der Waals surface area contributed by atoms with Crippen molar-refractivity contribution in [3.05, 3.63) is 95.2 Å². The second kappa shape index (κ2) is 8.98. The average molecular weight is 428 g/mol. The minimum Gasteiger partial charge on any atom is -0.497 e. The number of anilines is 1. The Kier molecular flexibility index (Phi) is 5.94. The third-order valence-corrected chi connectivity index (χ3v) is 5.39. The molecule has 1 N–H and O–H groups in total. The first kappa shape index (κ1) is 21.2. The zero-order valence-electron chi connectivity index (χ0n) is 18.2. The van der Waals surface area contributed by atoms with Gasteiger partial charge in [0.2, 0.25) is 0 Å². The maximum absolute atomic E-state index is 13.5. The molecule has 3 aromatic carbocycles. The highest BCUT2D eigenvalue weighted by atomic mass is 16.5. The standard InChI is InChI=1S/C26H24N2O4/c1-17-8-12-20(13-9-17)27-24-23(18-10-14-21(31-2)15-11-18)25(29)28(26(24)30)16-19-6-4-5-7-22(19)32-3/h4-15,27H,16H2,1-3H3. The van der Waals surface area contributed by atoms with Crippen LogP contribution in [0.5, 0.6) is 11.5 Å². The first-order chi connectivity index (χ1) is 15.5. The highest BCUT2D eigenvalue weighted by Crippen LogP contribution is 2.33. The molecule has 0 fully saturated rings. The molecule has 0 aliphatic carbocycles. The largest absolute Gasteiger partial charge is 0.497 e. The fraction of sp³-hybridized carbons (Fsp3) is 0.154. The number of carbonyl (C=O) groups excluding carboxylic acids is 2. The van der Waals surface area contributed by atoms with Gasteiger partial charge in [0.1, 0.15) is 17.2 Å². The van der Waals surface area contributed by atoms with E-state index in [1.54, 1.807) is 38.5 Å². The number of nitrogens with zero attached hydrogens (tertiary/aromatic N) is 1. The number of aryl methyl sites for hydroxylation is 1. The Bertz CT molecular complexity index is 1180. The zero-order chi connectivity index (χ0) is 22.7. The molecular formula is C26H24N2O4. The van der Waals surface area contributed by atoms with E-state index in [0.29, 0.717) is 22.6 Å². The van der Waals surface area contributed by atoms with Crippen molar-refractivity contribution in [1.82, 2.24) is 4.90 Å². The fourth-order valence-electron chi connectivity index (χ4n) is 3.65. The van der Waals surface area contributed by atoms with Crippen molar-refractivity contribution < 1.29 is 19.1 Å². The van der Waals surface area contributed by atoms with Crippen molar-refractivity contribution in [1.29, 1.82) is 0 Å². The van der Waals surface area contributed by atoms with E-state index in [4.69, 9.17) is 9.47 Å². The molecule has 2 amide bonds. The van der Waals surface area contributed by atoms with E-state index in [2.05, 4.69) is 5.32 Å². The number of imide groups is 1. The Balaban J connectivity index is 1.74. The Morgan fingerprint density at radius 3 is 2.16 bits per heavy atom. The summed E-state index contributed by atoms with van der Waals surface area (Å²) in [6.45, 7) is 2.10. The van der Waals surface area contributed by atoms with Crippen molar-refractivity contribution in [3.63, 3.8) is 0 Å². The van der Waals surface area contributed by atoms with E-state index >= 15 is 0 Å². The van der Waals surface area contributed by atoms with Gasteiger partial charge in [0.25, 0.3) is 11.8 Å². The minimum atomic E-state index is -0.382. The van der Waals surface area contributed by atoms with Crippen molar-refractivity contribution in [3.8, 4) is 11.5 Å². The smallest absolute Gasteiger partial charge is 0.278 e. The summed E-state index contributed by atoms with van der Waals surface area (Å²) in [4.78, 5) is 28.1. The number of hydrogen-bond acceptors (Lipinski definition) is 5. The Morgan fingerprint density at radius 1 is 0.812 bits per heavy atom. The molecule has 0 spiro atoms. The number of ether oxygens (including phenoxy) is 2. The van der Waals surface area contributed by atoms with Crippen molar-refractivity contribution >= 4 is 23.1 Å². The molecule has 162 valence electrons. The summed E-state index contributed by atoms with van der Waals surface area (Å²) in [5.41, 5.74) is 3.80. The topological polar surface area (TPSA) is 67.9 Å². The second-order valence-corrected chi connectivity index (χ2v) is 7.48. The van der Waals surface area contributed by atoms with Gasteiger partial charge in [-0.2, -0.15) is 0 Å². The number of benzene rings is 3. The predicted molar refractivity (Wildman–Crippen MR) is 123 cm³/mol. The van der Waals surface area contributed by atoms with Gasteiger partial charge < -0.3 is 14.8 Å². The molecule has 0 saturated carbocycles. The lowest BCUT2D eigenvalue weighted by Gasteiger charge is -2.17. The van der Waals surface area contributed by atoms with Gasteiger partial charge in [0, 0.05) is 11.3 Å². The van der Waals surface area contributed by atoms with Crippen LogP contribution in [0.15, 0.2) is 78.5 Å². The number of rotatable bonds is 7. The Labute approximate surface area is 187 Å². The van der Waals surface area contributed by atoms with Crippen LogP contribution in [0, 0.1) is 6.92 Å². The number of para-hydroxylation sites is 1. The van der Waals surface area contributed by atoms with Crippen LogP contribution in [0.3, 0.4) is 0 Å². The van der Waals surface area contributed by atoms with Crippen molar-refractivity contribution in [2.75, 3.05) is 19.5 Å². The number of methoxy groups -OCH3 is 2. The third kappa shape index (κ3) is 4.07. The molecule has 6 heteroatoms. The van der Waals surface area contributed by atoms with Crippen LogP contribution < -0.4 is 14.8 Å². The Hall–Kier alpha value is -4.06. The first-order valence-electron chi connectivity index (χ1n) is 10.2. The molecule has 1 heterocycles. The molecule has 0 saturated heterocycles. The van der Waals surface area contributed by atoms with Gasteiger partial charge >= 0.3 is 0 Å². The summed E-state index contributed by atoms with van der Waals surface area (Å²) in [6, 6.07) is 22.1. The molecule has 0 radical (unpaired) electrons. The van der Waals surface area contributed by atoms with Crippen LogP contribution in [0.1, 0.15) is 16.7 Å². The van der Waals surface area contributed by atoms with E-state index in [1.807, 2.05) is 55.5 Å². The number of hydrogen-bond donors (Lipinski definition) is 1. The zero-order valence-corrected chi connectivity index (χ0v) is 18.2. The molecule has 0 unspecified atom stereocenters. The SMILES string of the molecule is COc1ccc(C2=C(Nc3ccc(C)cc3)C(=O)N(Cc3ccccc3OC)C2=O)cc1. The number of carbonyl (C=O) groups is 2. The molecule has 1 aliphatic rings. The van der Waals surface area contributed by atoms with Gasteiger partial charge in [-0.05, 0) is 42.8 Å². The second-order valence-electron chi connectivity index (χ2n) is 7.48. The van der Waals surface area contributed by atoms with Gasteiger partial charge in [-0.3, -0.25) is 14.5 Å². The quantitative estimate of drug-likeness (QED) is 0.565. The first-order valence-corrected chi connectivity index (χ1v) is 10.2. The van der Waals surface area contributed by atoms with E-state index in [0.717, 1.165) is 16.8 Å². The summed E-state index contributed by atoms with van der Waals surface area (Å²) in [6.07, 6.45) is 0.